The van der Waals surface area contributed by atoms with Crippen LogP contribution in [0, 0.1) is 0 Å². The number of thiophene rings is 1. The molecule has 0 unspecified atom stereocenters. The van der Waals surface area contributed by atoms with Crippen LogP contribution < -0.4 is 0 Å². The predicted molar refractivity (Wildman–Crippen MR) is 110 cm³/mol. The number of hydrogen-bond acceptors (Lipinski definition) is 6. The fourth-order valence-corrected chi connectivity index (χ4v) is 4.67. The van der Waals surface area contributed by atoms with Gasteiger partial charge < -0.3 is 9.64 Å². The van der Waals surface area contributed by atoms with Crippen LogP contribution in [0.15, 0.2) is 47.5 Å². The van der Waals surface area contributed by atoms with E-state index in [1.54, 1.807) is 6.20 Å². The molecular weight excluding hydrogens is 364 g/mol. The maximum absolute atomic E-state index is 12.2. The van der Waals surface area contributed by atoms with Crippen LogP contribution in [0.2, 0.25) is 0 Å². The predicted octanol–water partition coefficient (Wildman–Crippen LogP) is 4.79. The van der Waals surface area contributed by atoms with Gasteiger partial charge in [0.1, 0.15) is 9.71 Å². The van der Waals surface area contributed by atoms with Gasteiger partial charge in [0.05, 0.1) is 7.11 Å². The SMILES string of the molecule is COC(=O)c1sc2ncccc2c1-c1ccc(SCCCN(C)C)cc1. The number of benzene rings is 1. The zero-order valence-electron chi connectivity index (χ0n) is 15.2. The summed E-state index contributed by atoms with van der Waals surface area (Å²) in [5.41, 5.74) is 1.93. The molecule has 0 aliphatic heterocycles. The van der Waals surface area contributed by atoms with Gasteiger partial charge >= 0.3 is 5.97 Å². The topological polar surface area (TPSA) is 42.4 Å². The number of methoxy groups -OCH3 is 1. The highest BCUT2D eigenvalue weighted by molar-refractivity contribution is 7.99. The van der Waals surface area contributed by atoms with E-state index in [-0.39, 0.29) is 5.97 Å². The molecule has 0 saturated heterocycles. The summed E-state index contributed by atoms with van der Waals surface area (Å²) in [4.78, 5) is 21.5. The molecule has 0 amide bonds. The van der Waals surface area contributed by atoms with Crippen molar-refractivity contribution in [1.82, 2.24) is 9.88 Å². The van der Waals surface area contributed by atoms with Gasteiger partial charge in [-0.15, -0.1) is 23.1 Å². The van der Waals surface area contributed by atoms with Crippen molar-refractivity contribution in [3.05, 3.63) is 47.5 Å². The van der Waals surface area contributed by atoms with Gasteiger partial charge in [0.15, 0.2) is 0 Å². The van der Waals surface area contributed by atoms with Gasteiger partial charge in [-0.2, -0.15) is 0 Å². The third-order valence-electron chi connectivity index (χ3n) is 4.00. The standard InChI is InChI=1S/C20H22N2O2S2/c1-22(2)12-5-13-25-15-9-7-14(8-10-15)17-16-6-4-11-21-19(16)26-18(17)20(23)24-3/h4,6-11H,5,12-13H2,1-3H3. The number of aromatic nitrogens is 1. The highest BCUT2D eigenvalue weighted by Crippen LogP contribution is 2.38. The van der Waals surface area contributed by atoms with Gasteiger partial charge in [-0.1, -0.05) is 12.1 Å². The van der Waals surface area contributed by atoms with E-state index in [0.717, 1.165) is 40.1 Å². The van der Waals surface area contributed by atoms with E-state index >= 15 is 0 Å². The van der Waals surface area contributed by atoms with Crippen LogP contribution in [0.25, 0.3) is 21.3 Å². The van der Waals surface area contributed by atoms with Gasteiger partial charge in [-0.3, -0.25) is 0 Å². The maximum atomic E-state index is 12.2. The number of fused-ring (bicyclic) bond motifs is 1. The van der Waals surface area contributed by atoms with Gasteiger partial charge in [-0.05, 0) is 62.6 Å². The first kappa shape index (κ1) is 18.9. The zero-order chi connectivity index (χ0) is 18.5. The Balaban J connectivity index is 1.86. The third kappa shape index (κ3) is 4.26. The number of pyridine rings is 1. The fraction of sp³-hybridized carbons (Fsp3) is 0.300. The molecule has 2 aromatic heterocycles. The van der Waals surface area contributed by atoms with Gasteiger partial charge in [0.25, 0.3) is 0 Å². The lowest BCUT2D eigenvalue weighted by Crippen LogP contribution is -2.13. The van der Waals surface area contributed by atoms with Crippen molar-refractivity contribution in [2.45, 2.75) is 11.3 Å². The molecule has 0 aliphatic carbocycles. The molecule has 1 aromatic carbocycles. The summed E-state index contributed by atoms with van der Waals surface area (Å²) in [6, 6.07) is 12.3. The number of thioether (sulfide) groups is 1. The molecule has 26 heavy (non-hydrogen) atoms. The Morgan fingerprint density at radius 3 is 2.69 bits per heavy atom. The van der Waals surface area contributed by atoms with E-state index in [4.69, 9.17) is 4.74 Å². The molecule has 0 spiro atoms. The fourth-order valence-electron chi connectivity index (χ4n) is 2.74. The number of hydrogen-bond donors (Lipinski definition) is 0. The monoisotopic (exact) mass is 386 g/mol. The lowest BCUT2D eigenvalue weighted by molar-refractivity contribution is 0.0607. The molecule has 0 fully saturated rings. The van der Waals surface area contributed by atoms with E-state index in [2.05, 4.69) is 48.2 Å². The highest BCUT2D eigenvalue weighted by Gasteiger charge is 2.20. The maximum Gasteiger partial charge on any atom is 0.348 e. The Labute approximate surface area is 162 Å². The van der Waals surface area contributed by atoms with Crippen LogP contribution in [0.4, 0.5) is 0 Å². The van der Waals surface area contributed by atoms with Gasteiger partial charge in [-0.25, -0.2) is 9.78 Å². The minimum absolute atomic E-state index is 0.315. The average Bonchev–Trinajstić information content (AvgIpc) is 3.04. The highest BCUT2D eigenvalue weighted by atomic mass is 32.2. The first-order valence-corrected chi connectivity index (χ1v) is 10.2. The Morgan fingerprint density at radius 1 is 1.23 bits per heavy atom. The van der Waals surface area contributed by atoms with E-state index < -0.39 is 0 Å². The number of rotatable bonds is 7. The summed E-state index contributed by atoms with van der Waals surface area (Å²) < 4.78 is 4.97. The summed E-state index contributed by atoms with van der Waals surface area (Å²) in [5.74, 6) is 0.779. The number of nitrogens with zero attached hydrogens (tertiary/aromatic N) is 2. The first-order valence-electron chi connectivity index (χ1n) is 8.44. The second kappa shape index (κ2) is 8.66. The van der Waals surface area contributed by atoms with Crippen molar-refractivity contribution in [3.63, 3.8) is 0 Å². The molecule has 0 saturated carbocycles. The lowest BCUT2D eigenvalue weighted by Gasteiger charge is -2.09. The molecule has 4 nitrogen and oxygen atoms in total. The Bertz CT molecular complexity index is 888. The van der Waals surface area contributed by atoms with E-state index in [1.165, 1.54) is 23.3 Å². The summed E-state index contributed by atoms with van der Waals surface area (Å²) in [5, 5.41) is 0.990. The normalized spacial score (nSPS) is 11.2. The van der Waals surface area contributed by atoms with E-state index in [1.807, 2.05) is 23.9 Å². The van der Waals surface area contributed by atoms with Crippen LogP contribution in [0.3, 0.4) is 0 Å². The van der Waals surface area contributed by atoms with Crippen molar-refractivity contribution >= 4 is 39.3 Å². The molecule has 0 N–H and O–H groups in total. The van der Waals surface area contributed by atoms with Crippen LogP contribution in [0.1, 0.15) is 16.1 Å². The molecule has 0 bridgehead atoms. The van der Waals surface area contributed by atoms with Crippen LogP contribution >= 0.6 is 23.1 Å². The summed E-state index contributed by atoms with van der Waals surface area (Å²) in [6.45, 7) is 1.10. The molecule has 0 aliphatic rings. The Kier molecular flexibility index (Phi) is 6.29. The van der Waals surface area contributed by atoms with Crippen molar-refractivity contribution in [1.29, 1.82) is 0 Å². The van der Waals surface area contributed by atoms with E-state index in [0.29, 0.717) is 4.88 Å². The second-order valence-corrected chi connectivity index (χ2v) is 8.35. The molecule has 0 atom stereocenters. The van der Waals surface area contributed by atoms with E-state index in [9.17, 15) is 4.79 Å². The van der Waals surface area contributed by atoms with Crippen LogP contribution in [-0.2, 0) is 4.74 Å². The van der Waals surface area contributed by atoms with Gasteiger partial charge in [0, 0.05) is 22.0 Å². The largest absolute Gasteiger partial charge is 0.465 e. The number of carbonyl (C=O) groups excluding carboxylic acids is 1. The smallest absolute Gasteiger partial charge is 0.348 e. The van der Waals surface area contributed by atoms with Crippen molar-refractivity contribution in [2.75, 3.05) is 33.5 Å². The summed E-state index contributed by atoms with van der Waals surface area (Å²) >= 11 is 3.24. The Morgan fingerprint density at radius 2 is 2.00 bits per heavy atom. The van der Waals surface area contributed by atoms with Crippen LogP contribution in [-0.4, -0.2) is 49.4 Å². The molecule has 136 valence electrons. The first-order chi connectivity index (χ1) is 12.6. The average molecular weight is 387 g/mol. The summed E-state index contributed by atoms with van der Waals surface area (Å²) in [7, 11) is 5.61. The molecular formula is C20H22N2O2S2. The molecule has 2 heterocycles. The molecule has 3 aromatic rings. The number of carbonyl (C=O) groups is 1. The quantitative estimate of drug-likeness (QED) is 0.332. The summed E-state index contributed by atoms with van der Waals surface area (Å²) in [6.07, 6.45) is 2.91. The third-order valence-corrected chi connectivity index (χ3v) is 6.19. The van der Waals surface area contributed by atoms with Gasteiger partial charge in [0.2, 0.25) is 0 Å². The number of ether oxygens (including phenoxy) is 1. The molecule has 3 rings (SSSR count). The minimum atomic E-state index is -0.315. The molecule has 0 radical (unpaired) electrons. The van der Waals surface area contributed by atoms with Crippen LogP contribution in [0.5, 0.6) is 0 Å². The zero-order valence-corrected chi connectivity index (χ0v) is 16.8. The minimum Gasteiger partial charge on any atom is -0.465 e. The molecule has 6 heteroatoms. The number of esters is 1. The second-order valence-electron chi connectivity index (χ2n) is 6.18. The van der Waals surface area contributed by atoms with Crippen molar-refractivity contribution in [2.24, 2.45) is 0 Å². The van der Waals surface area contributed by atoms with Crippen molar-refractivity contribution < 1.29 is 9.53 Å². The van der Waals surface area contributed by atoms with Crippen molar-refractivity contribution in [3.8, 4) is 11.1 Å². The lowest BCUT2D eigenvalue weighted by atomic mass is 10.0. The Hall–Kier alpha value is -1.89.